The SMILES string of the molecule is COc1ccccc1Oc1nc(Cl)nc2[nH]ncc12. The number of benzene rings is 1. The van der Waals surface area contributed by atoms with Crippen LogP contribution in [0.25, 0.3) is 11.0 Å². The Balaban J connectivity index is 2.07. The van der Waals surface area contributed by atoms with Crippen molar-refractivity contribution in [2.75, 3.05) is 7.11 Å². The first kappa shape index (κ1) is 11.7. The van der Waals surface area contributed by atoms with Crippen LogP contribution in [-0.2, 0) is 0 Å². The molecule has 0 amide bonds. The smallest absolute Gasteiger partial charge is 0.234 e. The van der Waals surface area contributed by atoms with Crippen LogP contribution in [0.2, 0.25) is 5.28 Å². The van der Waals surface area contributed by atoms with Gasteiger partial charge in [-0.3, -0.25) is 5.10 Å². The van der Waals surface area contributed by atoms with E-state index in [4.69, 9.17) is 21.1 Å². The summed E-state index contributed by atoms with van der Waals surface area (Å²) in [5, 5.41) is 7.34. The van der Waals surface area contributed by atoms with Crippen LogP contribution in [0.15, 0.2) is 30.5 Å². The zero-order valence-corrected chi connectivity index (χ0v) is 10.7. The Morgan fingerprint density at radius 2 is 1.95 bits per heavy atom. The molecule has 0 unspecified atom stereocenters. The Morgan fingerprint density at radius 3 is 2.74 bits per heavy atom. The van der Waals surface area contributed by atoms with Crippen LogP contribution >= 0.6 is 11.6 Å². The number of nitrogens with zero attached hydrogens (tertiary/aromatic N) is 3. The summed E-state index contributed by atoms with van der Waals surface area (Å²) in [4.78, 5) is 8.07. The fourth-order valence-electron chi connectivity index (χ4n) is 1.67. The predicted octanol–water partition coefficient (Wildman–Crippen LogP) is 2.81. The van der Waals surface area contributed by atoms with Crippen molar-refractivity contribution in [3.05, 3.63) is 35.7 Å². The molecule has 0 aliphatic heterocycles. The van der Waals surface area contributed by atoms with Gasteiger partial charge in [-0.1, -0.05) is 12.1 Å². The summed E-state index contributed by atoms with van der Waals surface area (Å²) in [5.74, 6) is 1.48. The number of hydrogen-bond donors (Lipinski definition) is 1. The van der Waals surface area contributed by atoms with Gasteiger partial charge in [0.05, 0.1) is 13.3 Å². The molecule has 7 heteroatoms. The molecule has 19 heavy (non-hydrogen) atoms. The Morgan fingerprint density at radius 1 is 1.16 bits per heavy atom. The molecule has 3 aromatic rings. The maximum atomic E-state index is 5.84. The number of methoxy groups -OCH3 is 1. The topological polar surface area (TPSA) is 72.9 Å². The average molecular weight is 277 g/mol. The van der Waals surface area contributed by atoms with E-state index in [1.165, 1.54) is 0 Å². The molecule has 0 aliphatic carbocycles. The van der Waals surface area contributed by atoms with Crippen LogP contribution < -0.4 is 9.47 Å². The quantitative estimate of drug-likeness (QED) is 0.745. The lowest BCUT2D eigenvalue weighted by molar-refractivity contribution is 0.375. The van der Waals surface area contributed by atoms with Gasteiger partial charge in [-0.05, 0) is 23.7 Å². The van der Waals surface area contributed by atoms with E-state index in [2.05, 4.69) is 20.2 Å². The number of hydrogen-bond acceptors (Lipinski definition) is 5. The number of para-hydroxylation sites is 2. The maximum Gasteiger partial charge on any atom is 0.234 e. The fourth-order valence-corrected chi connectivity index (χ4v) is 1.83. The molecule has 1 aromatic carbocycles. The lowest BCUT2D eigenvalue weighted by atomic mass is 10.3. The molecule has 0 radical (unpaired) electrons. The largest absolute Gasteiger partial charge is 0.493 e. The van der Waals surface area contributed by atoms with E-state index in [0.29, 0.717) is 28.4 Å². The molecular weight excluding hydrogens is 268 g/mol. The van der Waals surface area contributed by atoms with Crippen molar-refractivity contribution in [3.63, 3.8) is 0 Å². The van der Waals surface area contributed by atoms with Crippen molar-refractivity contribution in [3.8, 4) is 17.4 Å². The fraction of sp³-hybridized carbons (Fsp3) is 0.0833. The molecule has 96 valence electrons. The van der Waals surface area contributed by atoms with E-state index in [-0.39, 0.29) is 5.28 Å². The highest BCUT2D eigenvalue weighted by molar-refractivity contribution is 6.28. The van der Waals surface area contributed by atoms with Crippen molar-refractivity contribution < 1.29 is 9.47 Å². The number of rotatable bonds is 3. The van der Waals surface area contributed by atoms with E-state index < -0.39 is 0 Å². The zero-order valence-electron chi connectivity index (χ0n) is 9.92. The van der Waals surface area contributed by atoms with Gasteiger partial charge in [0.25, 0.3) is 0 Å². The Kier molecular flexibility index (Phi) is 2.92. The van der Waals surface area contributed by atoms with Gasteiger partial charge in [0.15, 0.2) is 17.1 Å². The third-order valence-corrected chi connectivity index (χ3v) is 2.69. The van der Waals surface area contributed by atoms with Gasteiger partial charge in [-0.25, -0.2) is 0 Å². The molecule has 0 aliphatic rings. The number of fused-ring (bicyclic) bond motifs is 1. The van der Waals surface area contributed by atoms with Crippen molar-refractivity contribution in [2.24, 2.45) is 0 Å². The van der Waals surface area contributed by atoms with Gasteiger partial charge in [0, 0.05) is 0 Å². The second-order valence-corrected chi connectivity index (χ2v) is 4.02. The second kappa shape index (κ2) is 4.74. The number of nitrogens with one attached hydrogen (secondary N) is 1. The lowest BCUT2D eigenvalue weighted by Gasteiger charge is -2.09. The highest BCUT2D eigenvalue weighted by atomic mass is 35.5. The average Bonchev–Trinajstić information content (AvgIpc) is 2.87. The minimum absolute atomic E-state index is 0.0849. The molecule has 0 spiro atoms. The number of aromatic nitrogens is 4. The van der Waals surface area contributed by atoms with Crippen LogP contribution in [0.1, 0.15) is 0 Å². The van der Waals surface area contributed by atoms with E-state index in [1.807, 2.05) is 12.1 Å². The van der Waals surface area contributed by atoms with Gasteiger partial charge in [-0.2, -0.15) is 15.1 Å². The molecule has 6 nitrogen and oxygen atoms in total. The summed E-state index contributed by atoms with van der Waals surface area (Å²) in [6.45, 7) is 0. The van der Waals surface area contributed by atoms with E-state index in [9.17, 15) is 0 Å². The lowest BCUT2D eigenvalue weighted by Crippen LogP contribution is -1.94. The summed E-state index contributed by atoms with van der Waals surface area (Å²) >= 11 is 5.84. The van der Waals surface area contributed by atoms with Gasteiger partial charge in [-0.15, -0.1) is 0 Å². The zero-order chi connectivity index (χ0) is 13.2. The molecule has 0 fully saturated rings. The van der Waals surface area contributed by atoms with Crippen LogP contribution in [0.5, 0.6) is 17.4 Å². The van der Waals surface area contributed by atoms with Crippen molar-refractivity contribution in [2.45, 2.75) is 0 Å². The van der Waals surface area contributed by atoms with Gasteiger partial charge >= 0.3 is 0 Å². The van der Waals surface area contributed by atoms with Crippen molar-refractivity contribution in [1.29, 1.82) is 0 Å². The first-order chi connectivity index (χ1) is 9.28. The summed E-state index contributed by atoms with van der Waals surface area (Å²) in [7, 11) is 1.57. The molecule has 0 saturated carbocycles. The summed E-state index contributed by atoms with van der Waals surface area (Å²) < 4.78 is 10.9. The molecule has 3 rings (SSSR count). The monoisotopic (exact) mass is 276 g/mol. The summed E-state index contributed by atoms with van der Waals surface area (Å²) in [5.41, 5.74) is 0.518. The Bertz CT molecular complexity index is 729. The number of aromatic amines is 1. The number of H-pyrrole nitrogens is 1. The molecule has 2 heterocycles. The normalized spacial score (nSPS) is 10.6. The highest BCUT2D eigenvalue weighted by Crippen LogP contribution is 2.33. The van der Waals surface area contributed by atoms with Crippen molar-refractivity contribution in [1.82, 2.24) is 20.2 Å². The first-order valence-electron chi connectivity index (χ1n) is 5.45. The molecule has 0 atom stereocenters. The molecule has 2 aromatic heterocycles. The minimum Gasteiger partial charge on any atom is -0.493 e. The summed E-state index contributed by atoms with van der Waals surface area (Å²) in [6, 6.07) is 7.27. The molecule has 0 bridgehead atoms. The third-order valence-electron chi connectivity index (χ3n) is 2.52. The number of ether oxygens (including phenoxy) is 2. The Labute approximate surface area is 113 Å². The maximum absolute atomic E-state index is 5.84. The van der Waals surface area contributed by atoms with E-state index in [0.717, 1.165) is 0 Å². The van der Waals surface area contributed by atoms with Crippen molar-refractivity contribution >= 4 is 22.6 Å². The van der Waals surface area contributed by atoms with Crippen LogP contribution in [0, 0.1) is 0 Å². The van der Waals surface area contributed by atoms with Gasteiger partial charge < -0.3 is 9.47 Å². The molecule has 1 N–H and O–H groups in total. The van der Waals surface area contributed by atoms with Crippen LogP contribution in [0.4, 0.5) is 0 Å². The van der Waals surface area contributed by atoms with Crippen LogP contribution in [0.3, 0.4) is 0 Å². The van der Waals surface area contributed by atoms with Gasteiger partial charge in [0.1, 0.15) is 5.39 Å². The first-order valence-corrected chi connectivity index (χ1v) is 5.83. The Hall–Kier alpha value is -2.34. The predicted molar refractivity (Wildman–Crippen MR) is 69.8 cm³/mol. The minimum atomic E-state index is 0.0849. The molecular formula is C12H9ClN4O2. The van der Waals surface area contributed by atoms with E-state index in [1.54, 1.807) is 25.4 Å². The second-order valence-electron chi connectivity index (χ2n) is 3.68. The standard InChI is InChI=1S/C12H9ClN4O2/c1-18-8-4-2-3-5-9(8)19-11-7-6-14-17-10(7)15-12(13)16-11/h2-6H,1H3,(H,14,15,16,17). The molecule has 0 saturated heterocycles. The van der Waals surface area contributed by atoms with Crippen LogP contribution in [-0.4, -0.2) is 27.3 Å². The summed E-state index contributed by atoms with van der Waals surface area (Å²) in [6.07, 6.45) is 1.58. The highest BCUT2D eigenvalue weighted by Gasteiger charge is 2.12. The third kappa shape index (κ3) is 2.17. The van der Waals surface area contributed by atoms with Gasteiger partial charge in [0.2, 0.25) is 11.2 Å². The number of halogens is 1. The van der Waals surface area contributed by atoms with E-state index >= 15 is 0 Å².